The number of para-hydroxylation sites is 1. The zero-order chi connectivity index (χ0) is 19.8. The Bertz CT molecular complexity index is 908. The summed E-state index contributed by atoms with van der Waals surface area (Å²) in [5.74, 6) is 1.47. The molecule has 0 heterocycles. The highest BCUT2D eigenvalue weighted by Crippen LogP contribution is 2.34. The molecule has 1 N–H and O–H groups in total. The summed E-state index contributed by atoms with van der Waals surface area (Å²) in [5, 5.41) is 4.14. The lowest BCUT2D eigenvalue weighted by Gasteiger charge is -2.17. The molecule has 0 fully saturated rings. The fourth-order valence-electron chi connectivity index (χ4n) is 2.94. The molecule has 0 aromatic heterocycles. The van der Waals surface area contributed by atoms with Crippen molar-refractivity contribution < 1.29 is 9.47 Å². The van der Waals surface area contributed by atoms with Crippen LogP contribution in [0.25, 0.3) is 0 Å². The van der Waals surface area contributed by atoms with E-state index in [0.29, 0.717) is 24.6 Å². The molecule has 0 radical (unpaired) electrons. The van der Waals surface area contributed by atoms with Crippen LogP contribution in [0.2, 0.25) is 5.02 Å². The minimum absolute atomic E-state index is 0.444. The summed E-state index contributed by atoms with van der Waals surface area (Å²) in [6.45, 7) is 5.02. The monoisotopic (exact) mass is 393 g/mol. The van der Waals surface area contributed by atoms with Gasteiger partial charge in [-0.1, -0.05) is 48.0 Å². The van der Waals surface area contributed by atoms with Crippen molar-refractivity contribution in [3.05, 3.63) is 101 Å². The lowest BCUT2D eigenvalue weighted by molar-refractivity contribution is 0.281. The molecule has 3 aromatic carbocycles. The van der Waals surface area contributed by atoms with Crippen molar-refractivity contribution in [2.45, 2.75) is 19.6 Å². The maximum atomic E-state index is 6.12. The first-order valence-corrected chi connectivity index (χ1v) is 9.54. The van der Waals surface area contributed by atoms with Crippen LogP contribution in [-0.2, 0) is 19.6 Å². The molecule has 0 unspecified atom stereocenters. The van der Waals surface area contributed by atoms with Crippen molar-refractivity contribution >= 4 is 17.3 Å². The third kappa shape index (κ3) is 5.30. The fraction of sp³-hybridized carbons (Fsp3) is 0.167. The van der Waals surface area contributed by atoms with E-state index in [-0.39, 0.29) is 0 Å². The summed E-state index contributed by atoms with van der Waals surface area (Å²) in [6.07, 6.45) is 2.57. The van der Waals surface area contributed by atoms with Gasteiger partial charge in [0.15, 0.2) is 11.5 Å². The van der Waals surface area contributed by atoms with Gasteiger partial charge in [0.25, 0.3) is 0 Å². The van der Waals surface area contributed by atoms with Gasteiger partial charge in [-0.05, 0) is 53.9 Å². The highest BCUT2D eigenvalue weighted by atomic mass is 35.5. The van der Waals surface area contributed by atoms with Gasteiger partial charge in [-0.3, -0.25) is 0 Å². The SMILES string of the molecule is C=CCc1cc(CNc2ccccc2)cc(OC)c1OCc1ccc(Cl)cc1. The first kappa shape index (κ1) is 19.8. The average Bonchev–Trinajstić information content (AvgIpc) is 2.73. The van der Waals surface area contributed by atoms with E-state index >= 15 is 0 Å². The second-order valence-electron chi connectivity index (χ2n) is 6.41. The molecule has 0 aliphatic heterocycles. The van der Waals surface area contributed by atoms with Crippen molar-refractivity contribution in [1.82, 2.24) is 0 Å². The second kappa shape index (κ2) is 9.86. The molecule has 28 heavy (non-hydrogen) atoms. The van der Waals surface area contributed by atoms with Crippen molar-refractivity contribution in [2.24, 2.45) is 0 Å². The van der Waals surface area contributed by atoms with Crippen LogP contribution in [0.5, 0.6) is 11.5 Å². The lowest BCUT2D eigenvalue weighted by Crippen LogP contribution is -2.05. The summed E-state index contributed by atoms with van der Waals surface area (Å²) in [5.41, 5.74) is 4.30. The molecular formula is C24H24ClNO2. The summed E-state index contributed by atoms with van der Waals surface area (Å²) >= 11 is 5.96. The normalized spacial score (nSPS) is 10.4. The van der Waals surface area contributed by atoms with Gasteiger partial charge in [-0.25, -0.2) is 0 Å². The van der Waals surface area contributed by atoms with Crippen LogP contribution in [0.1, 0.15) is 16.7 Å². The number of anilines is 1. The first-order chi connectivity index (χ1) is 13.7. The van der Waals surface area contributed by atoms with Crippen molar-refractivity contribution in [1.29, 1.82) is 0 Å². The van der Waals surface area contributed by atoms with Crippen LogP contribution in [0.4, 0.5) is 5.69 Å². The molecule has 0 saturated heterocycles. The molecule has 0 amide bonds. The number of nitrogens with one attached hydrogen (secondary N) is 1. The molecule has 3 aromatic rings. The fourth-order valence-corrected chi connectivity index (χ4v) is 3.07. The van der Waals surface area contributed by atoms with E-state index in [0.717, 1.165) is 33.9 Å². The van der Waals surface area contributed by atoms with Gasteiger partial charge in [0.1, 0.15) is 6.61 Å². The number of hydrogen-bond acceptors (Lipinski definition) is 3. The maximum absolute atomic E-state index is 6.12. The van der Waals surface area contributed by atoms with Gasteiger partial charge in [-0.2, -0.15) is 0 Å². The van der Waals surface area contributed by atoms with E-state index in [2.05, 4.69) is 18.0 Å². The van der Waals surface area contributed by atoms with Crippen molar-refractivity contribution in [2.75, 3.05) is 12.4 Å². The Kier molecular flexibility index (Phi) is 6.99. The highest BCUT2D eigenvalue weighted by Gasteiger charge is 2.13. The molecule has 0 bridgehead atoms. The van der Waals surface area contributed by atoms with Crippen LogP contribution in [0, 0.1) is 0 Å². The number of ether oxygens (including phenoxy) is 2. The molecule has 3 rings (SSSR count). The number of methoxy groups -OCH3 is 1. The first-order valence-electron chi connectivity index (χ1n) is 9.16. The zero-order valence-corrected chi connectivity index (χ0v) is 16.7. The largest absolute Gasteiger partial charge is 0.493 e. The smallest absolute Gasteiger partial charge is 0.165 e. The molecule has 4 heteroatoms. The van der Waals surface area contributed by atoms with E-state index in [9.17, 15) is 0 Å². The average molecular weight is 394 g/mol. The van der Waals surface area contributed by atoms with E-state index in [1.807, 2.05) is 66.7 Å². The topological polar surface area (TPSA) is 30.5 Å². The summed E-state index contributed by atoms with van der Waals surface area (Å²) in [6, 6.07) is 21.9. The molecule has 0 saturated carbocycles. The predicted octanol–water partition coefficient (Wildman–Crippen LogP) is 6.27. The van der Waals surface area contributed by atoms with Gasteiger partial charge < -0.3 is 14.8 Å². The summed E-state index contributed by atoms with van der Waals surface area (Å²) < 4.78 is 11.7. The molecule has 0 spiro atoms. The van der Waals surface area contributed by atoms with E-state index in [1.165, 1.54) is 0 Å². The Hall–Kier alpha value is -2.91. The predicted molar refractivity (Wildman–Crippen MR) is 116 cm³/mol. The van der Waals surface area contributed by atoms with Gasteiger partial charge >= 0.3 is 0 Å². The number of hydrogen-bond donors (Lipinski definition) is 1. The Labute approximate surface area is 171 Å². The molecule has 0 aliphatic carbocycles. The van der Waals surface area contributed by atoms with Gasteiger partial charge in [-0.15, -0.1) is 6.58 Å². The maximum Gasteiger partial charge on any atom is 0.165 e. The quantitative estimate of drug-likeness (QED) is 0.434. The molecule has 144 valence electrons. The van der Waals surface area contributed by atoms with Crippen LogP contribution in [0.15, 0.2) is 79.4 Å². The third-order valence-corrected chi connectivity index (χ3v) is 4.59. The van der Waals surface area contributed by atoms with Gasteiger partial charge in [0.2, 0.25) is 0 Å². The van der Waals surface area contributed by atoms with Crippen LogP contribution in [0.3, 0.4) is 0 Å². The van der Waals surface area contributed by atoms with Gasteiger partial charge in [0.05, 0.1) is 7.11 Å². The Morgan fingerprint density at radius 2 is 1.75 bits per heavy atom. The Morgan fingerprint density at radius 1 is 1.00 bits per heavy atom. The van der Waals surface area contributed by atoms with Crippen LogP contribution >= 0.6 is 11.6 Å². The van der Waals surface area contributed by atoms with E-state index in [4.69, 9.17) is 21.1 Å². The zero-order valence-electron chi connectivity index (χ0n) is 16.0. The van der Waals surface area contributed by atoms with Crippen molar-refractivity contribution in [3.8, 4) is 11.5 Å². The highest BCUT2D eigenvalue weighted by molar-refractivity contribution is 6.30. The number of allylic oxidation sites excluding steroid dienone is 1. The number of rotatable bonds is 9. The standard InChI is InChI=1S/C24H24ClNO2/c1-3-7-20-14-19(16-26-22-8-5-4-6-9-22)15-23(27-2)24(20)28-17-18-10-12-21(25)13-11-18/h3-6,8-15,26H,1,7,16-17H2,2H3. The molecular weight excluding hydrogens is 370 g/mol. The van der Waals surface area contributed by atoms with Crippen molar-refractivity contribution in [3.63, 3.8) is 0 Å². The molecule has 0 atom stereocenters. The molecule has 0 aliphatic rings. The number of halogens is 1. The van der Waals surface area contributed by atoms with E-state index < -0.39 is 0 Å². The Balaban J connectivity index is 1.79. The number of benzene rings is 3. The van der Waals surface area contributed by atoms with E-state index in [1.54, 1.807) is 7.11 Å². The third-order valence-electron chi connectivity index (χ3n) is 4.34. The van der Waals surface area contributed by atoms with Gasteiger partial charge in [0, 0.05) is 22.8 Å². The van der Waals surface area contributed by atoms with Crippen LogP contribution < -0.4 is 14.8 Å². The summed E-state index contributed by atoms with van der Waals surface area (Å²) in [7, 11) is 1.66. The lowest BCUT2D eigenvalue weighted by atomic mass is 10.1. The molecule has 3 nitrogen and oxygen atoms in total. The van der Waals surface area contributed by atoms with Crippen LogP contribution in [-0.4, -0.2) is 7.11 Å². The Morgan fingerprint density at radius 3 is 2.43 bits per heavy atom. The second-order valence-corrected chi connectivity index (χ2v) is 6.85. The summed E-state index contributed by atoms with van der Waals surface area (Å²) in [4.78, 5) is 0. The minimum atomic E-state index is 0.444. The minimum Gasteiger partial charge on any atom is -0.493 e.